The quantitative estimate of drug-likeness (QED) is 0.943. The molecule has 3 aliphatic rings. The van der Waals surface area contributed by atoms with Crippen molar-refractivity contribution in [2.75, 3.05) is 26.2 Å². The summed E-state index contributed by atoms with van der Waals surface area (Å²) in [7, 11) is 0. The number of hydrogen-bond acceptors (Lipinski definition) is 3. The van der Waals surface area contributed by atoms with Crippen LogP contribution in [0.3, 0.4) is 0 Å². The molecule has 1 unspecified atom stereocenters. The Hall–Kier alpha value is -2.07. The number of nitrogens with one attached hydrogen (secondary N) is 1. The number of amides is 1. The third-order valence-electron chi connectivity index (χ3n) is 5.09. The van der Waals surface area contributed by atoms with Crippen LogP contribution in [-0.2, 0) is 4.79 Å². The molecule has 1 amide bonds. The molecule has 23 heavy (non-hydrogen) atoms. The SMILES string of the molecule is O=C(COc1ccc2ccccc2c1)NC1CN2CCC1CC2. The lowest BCUT2D eigenvalue weighted by molar-refractivity contribution is -0.125. The maximum absolute atomic E-state index is 12.2. The number of piperidine rings is 3. The average molecular weight is 310 g/mol. The van der Waals surface area contributed by atoms with Crippen molar-refractivity contribution in [3.63, 3.8) is 0 Å². The number of carbonyl (C=O) groups is 1. The van der Waals surface area contributed by atoms with Gasteiger partial charge in [-0.3, -0.25) is 4.79 Å². The summed E-state index contributed by atoms with van der Waals surface area (Å²) in [5.74, 6) is 1.37. The molecule has 0 saturated carbocycles. The van der Waals surface area contributed by atoms with Crippen LogP contribution >= 0.6 is 0 Å². The second-order valence-corrected chi connectivity index (χ2v) is 6.61. The van der Waals surface area contributed by atoms with E-state index in [0.717, 1.165) is 17.7 Å². The lowest BCUT2D eigenvalue weighted by Crippen LogP contribution is -2.57. The van der Waals surface area contributed by atoms with E-state index < -0.39 is 0 Å². The van der Waals surface area contributed by atoms with Gasteiger partial charge >= 0.3 is 0 Å². The van der Waals surface area contributed by atoms with Crippen LogP contribution in [0.4, 0.5) is 0 Å². The molecule has 0 aromatic heterocycles. The van der Waals surface area contributed by atoms with Crippen molar-refractivity contribution in [2.24, 2.45) is 5.92 Å². The van der Waals surface area contributed by atoms with E-state index in [1.807, 2.05) is 30.3 Å². The van der Waals surface area contributed by atoms with Gasteiger partial charge in [0.2, 0.25) is 0 Å². The van der Waals surface area contributed by atoms with Gasteiger partial charge in [0.1, 0.15) is 5.75 Å². The molecule has 3 fully saturated rings. The fourth-order valence-corrected chi connectivity index (χ4v) is 3.78. The molecule has 2 aromatic carbocycles. The van der Waals surface area contributed by atoms with Crippen molar-refractivity contribution in [3.05, 3.63) is 42.5 Å². The van der Waals surface area contributed by atoms with Crippen molar-refractivity contribution >= 4 is 16.7 Å². The zero-order valence-corrected chi connectivity index (χ0v) is 13.2. The van der Waals surface area contributed by atoms with Gasteiger partial charge in [0.15, 0.2) is 6.61 Å². The zero-order chi connectivity index (χ0) is 15.6. The number of ether oxygens (including phenoxy) is 1. The lowest BCUT2D eigenvalue weighted by Gasteiger charge is -2.44. The molecule has 120 valence electrons. The van der Waals surface area contributed by atoms with Gasteiger partial charge in [-0.2, -0.15) is 0 Å². The topological polar surface area (TPSA) is 41.6 Å². The first-order chi connectivity index (χ1) is 11.3. The first-order valence-corrected chi connectivity index (χ1v) is 8.41. The highest BCUT2D eigenvalue weighted by molar-refractivity contribution is 5.84. The first kappa shape index (κ1) is 14.5. The predicted octanol–water partition coefficient (Wildman–Crippen LogP) is 2.43. The van der Waals surface area contributed by atoms with E-state index in [2.05, 4.69) is 22.3 Å². The summed E-state index contributed by atoms with van der Waals surface area (Å²) in [4.78, 5) is 14.6. The van der Waals surface area contributed by atoms with Crippen LogP contribution in [0, 0.1) is 5.92 Å². The Morgan fingerprint density at radius 3 is 2.65 bits per heavy atom. The molecule has 3 heterocycles. The Balaban J connectivity index is 1.33. The third kappa shape index (κ3) is 3.17. The van der Waals surface area contributed by atoms with E-state index in [1.54, 1.807) is 0 Å². The second-order valence-electron chi connectivity index (χ2n) is 6.61. The van der Waals surface area contributed by atoms with Crippen molar-refractivity contribution in [2.45, 2.75) is 18.9 Å². The van der Waals surface area contributed by atoms with E-state index in [1.165, 1.54) is 31.3 Å². The number of fused-ring (bicyclic) bond motifs is 4. The highest BCUT2D eigenvalue weighted by Crippen LogP contribution is 2.27. The summed E-state index contributed by atoms with van der Waals surface area (Å²) in [6.07, 6.45) is 2.41. The number of rotatable bonds is 4. The van der Waals surface area contributed by atoms with Gasteiger partial charge in [0.05, 0.1) is 0 Å². The molecule has 2 aromatic rings. The standard InChI is InChI=1S/C19H22N2O2/c22-19(20-18-12-21-9-7-15(18)8-10-21)13-23-17-6-5-14-3-1-2-4-16(14)11-17/h1-6,11,15,18H,7-10,12-13H2,(H,20,22). The smallest absolute Gasteiger partial charge is 0.258 e. The van der Waals surface area contributed by atoms with Crippen LogP contribution in [0.25, 0.3) is 10.8 Å². The molecule has 0 spiro atoms. The fourth-order valence-electron chi connectivity index (χ4n) is 3.78. The molecular formula is C19H22N2O2. The number of nitrogens with zero attached hydrogens (tertiary/aromatic N) is 1. The molecule has 4 heteroatoms. The number of carbonyl (C=O) groups excluding carboxylic acids is 1. The summed E-state index contributed by atoms with van der Waals surface area (Å²) in [6, 6.07) is 14.4. The Labute approximate surface area is 136 Å². The molecule has 1 atom stereocenters. The van der Waals surface area contributed by atoms with Crippen LogP contribution < -0.4 is 10.1 Å². The first-order valence-electron chi connectivity index (χ1n) is 8.41. The van der Waals surface area contributed by atoms with Crippen molar-refractivity contribution in [3.8, 4) is 5.75 Å². The monoisotopic (exact) mass is 310 g/mol. The van der Waals surface area contributed by atoms with Crippen LogP contribution in [0.1, 0.15) is 12.8 Å². The average Bonchev–Trinajstić information content (AvgIpc) is 2.61. The maximum Gasteiger partial charge on any atom is 0.258 e. The summed E-state index contributed by atoms with van der Waals surface area (Å²) >= 11 is 0. The fraction of sp³-hybridized carbons (Fsp3) is 0.421. The van der Waals surface area contributed by atoms with Crippen LogP contribution in [-0.4, -0.2) is 43.1 Å². The van der Waals surface area contributed by atoms with Crippen LogP contribution in [0.15, 0.2) is 42.5 Å². The van der Waals surface area contributed by atoms with Gasteiger partial charge < -0.3 is 15.0 Å². The van der Waals surface area contributed by atoms with Gasteiger partial charge in [0, 0.05) is 12.6 Å². The molecular weight excluding hydrogens is 288 g/mol. The lowest BCUT2D eigenvalue weighted by atomic mass is 9.84. The van der Waals surface area contributed by atoms with Gasteiger partial charge in [-0.1, -0.05) is 30.3 Å². The third-order valence-corrected chi connectivity index (χ3v) is 5.09. The summed E-state index contributed by atoms with van der Waals surface area (Å²) in [6.45, 7) is 3.45. The summed E-state index contributed by atoms with van der Waals surface area (Å²) in [5, 5.41) is 5.46. The van der Waals surface area contributed by atoms with E-state index in [9.17, 15) is 4.79 Å². The highest BCUT2D eigenvalue weighted by Gasteiger charge is 2.34. The van der Waals surface area contributed by atoms with Crippen LogP contribution in [0.2, 0.25) is 0 Å². The molecule has 3 aliphatic heterocycles. The van der Waals surface area contributed by atoms with Crippen molar-refractivity contribution in [1.29, 1.82) is 0 Å². The van der Waals surface area contributed by atoms with Gasteiger partial charge in [-0.15, -0.1) is 0 Å². The highest BCUT2D eigenvalue weighted by atomic mass is 16.5. The minimum atomic E-state index is -0.0168. The van der Waals surface area contributed by atoms with E-state index in [0.29, 0.717) is 12.0 Å². The molecule has 4 nitrogen and oxygen atoms in total. The molecule has 5 rings (SSSR count). The maximum atomic E-state index is 12.2. The predicted molar refractivity (Wildman–Crippen MR) is 90.5 cm³/mol. The molecule has 3 saturated heterocycles. The Bertz CT molecular complexity index is 707. The second kappa shape index (κ2) is 6.20. The van der Waals surface area contributed by atoms with Crippen molar-refractivity contribution < 1.29 is 9.53 Å². The number of benzene rings is 2. The van der Waals surface area contributed by atoms with E-state index in [-0.39, 0.29) is 12.5 Å². The normalized spacial score (nSPS) is 26.2. The summed E-state index contributed by atoms with van der Waals surface area (Å²) in [5.41, 5.74) is 0. The van der Waals surface area contributed by atoms with Gasteiger partial charge in [-0.25, -0.2) is 0 Å². The van der Waals surface area contributed by atoms with Crippen molar-refractivity contribution in [1.82, 2.24) is 10.2 Å². The Morgan fingerprint density at radius 1 is 1.13 bits per heavy atom. The van der Waals surface area contributed by atoms with Gasteiger partial charge in [-0.05, 0) is 54.8 Å². The largest absolute Gasteiger partial charge is 0.484 e. The molecule has 1 N–H and O–H groups in total. The minimum Gasteiger partial charge on any atom is -0.484 e. The molecule has 2 bridgehead atoms. The van der Waals surface area contributed by atoms with Crippen LogP contribution in [0.5, 0.6) is 5.75 Å². The molecule has 0 aliphatic carbocycles. The van der Waals surface area contributed by atoms with E-state index in [4.69, 9.17) is 4.74 Å². The minimum absolute atomic E-state index is 0.0168. The Morgan fingerprint density at radius 2 is 1.91 bits per heavy atom. The van der Waals surface area contributed by atoms with E-state index >= 15 is 0 Å². The molecule has 0 radical (unpaired) electrons. The zero-order valence-electron chi connectivity index (χ0n) is 13.2. The number of hydrogen-bond donors (Lipinski definition) is 1. The Kier molecular flexibility index (Phi) is 3.92. The van der Waals surface area contributed by atoms with Gasteiger partial charge in [0.25, 0.3) is 5.91 Å². The summed E-state index contributed by atoms with van der Waals surface area (Å²) < 4.78 is 5.67.